The van der Waals surface area contributed by atoms with Crippen LogP contribution in [-0.2, 0) is 4.74 Å². The number of morpholine rings is 1. The molecule has 1 saturated heterocycles. The topological polar surface area (TPSA) is 34.6 Å². The lowest BCUT2D eigenvalue weighted by Gasteiger charge is -2.28. The third-order valence-corrected chi connectivity index (χ3v) is 2.39. The molecule has 0 spiro atoms. The summed E-state index contributed by atoms with van der Waals surface area (Å²) in [5.41, 5.74) is 1.16. The molecule has 4 nitrogen and oxygen atoms in total. The summed E-state index contributed by atoms with van der Waals surface area (Å²) in [6, 6.07) is 3.99. The molecular weight excluding hydrogens is 192 g/mol. The van der Waals surface area contributed by atoms with Crippen molar-refractivity contribution in [3.8, 4) is 5.88 Å². The summed E-state index contributed by atoms with van der Waals surface area (Å²) in [4.78, 5) is 6.43. The summed E-state index contributed by atoms with van der Waals surface area (Å²) in [7, 11) is 0. The molecule has 82 valence electrons. The molecule has 0 amide bonds. The smallest absolute Gasteiger partial charge is 0.215 e. The van der Waals surface area contributed by atoms with E-state index < -0.39 is 0 Å². The van der Waals surface area contributed by atoms with Gasteiger partial charge in [0.25, 0.3) is 0 Å². The third kappa shape index (κ3) is 2.59. The highest BCUT2D eigenvalue weighted by molar-refractivity contribution is 5.48. The van der Waals surface area contributed by atoms with Crippen LogP contribution in [0.2, 0.25) is 0 Å². The van der Waals surface area contributed by atoms with E-state index in [4.69, 9.17) is 9.47 Å². The standard InChI is InChI=1S/C11H16N2O2/c1-2-15-11-9-10(3-4-12-11)13-5-7-14-8-6-13/h3-4,9H,2,5-8H2,1H3. The predicted molar refractivity (Wildman–Crippen MR) is 58.4 cm³/mol. The Morgan fingerprint density at radius 2 is 2.27 bits per heavy atom. The van der Waals surface area contributed by atoms with Crippen molar-refractivity contribution in [2.24, 2.45) is 0 Å². The zero-order valence-corrected chi connectivity index (χ0v) is 8.98. The van der Waals surface area contributed by atoms with Crippen molar-refractivity contribution in [3.05, 3.63) is 18.3 Å². The highest BCUT2D eigenvalue weighted by Crippen LogP contribution is 2.19. The molecule has 0 radical (unpaired) electrons. The molecule has 0 N–H and O–H groups in total. The van der Waals surface area contributed by atoms with Crippen LogP contribution in [0.1, 0.15) is 6.92 Å². The number of aromatic nitrogens is 1. The molecule has 0 aromatic carbocycles. The van der Waals surface area contributed by atoms with E-state index in [2.05, 4.69) is 9.88 Å². The number of hydrogen-bond donors (Lipinski definition) is 0. The average Bonchev–Trinajstić information content (AvgIpc) is 2.31. The summed E-state index contributed by atoms with van der Waals surface area (Å²) in [5.74, 6) is 0.696. The van der Waals surface area contributed by atoms with E-state index in [1.807, 2.05) is 19.1 Å². The average molecular weight is 208 g/mol. The number of rotatable bonds is 3. The molecule has 0 unspecified atom stereocenters. The molecule has 2 heterocycles. The second-order valence-electron chi connectivity index (χ2n) is 3.38. The second kappa shape index (κ2) is 4.98. The minimum Gasteiger partial charge on any atom is -0.478 e. The first-order chi connectivity index (χ1) is 7.40. The Hall–Kier alpha value is -1.29. The van der Waals surface area contributed by atoms with Gasteiger partial charge in [-0.25, -0.2) is 4.98 Å². The van der Waals surface area contributed by atoms with E-state index >= 15 is 0 Å². The van der Waals surface area contributed by atoms with Crippen LogP contribution in [0.3, 0.4) is 0 Å². The van der Waals surface area contributed by atoms with Crippen LogP contribution in [-0.4, -0.2) is 37.9 Å². The van der Waals surface area contributed by atoms with Gasteiger partial charge < -0.3 is 14.4 Å². The molecule has 0 atom stereocenters. The predicted octanol–water partition coefficient (Wildman–Crippen LogP) is 1.32. The van der Waals surface area contributed by atoms with Gasteiger partial charge in [-0.2, -0.15) is 0 Å². The van der Waals surface area contributed by atoms with Crippen molar-refractivity contribution in [2.75, 3.05) is 37.8 Å². The summed E-state index contributed by atoms with van der Waals surface area (Å²) < 4.78 is 10.7. The molecular formula is C11H16N2O2. The van der Waals surface area contributed by atoms with Gasteiger partial charge in [0.15, 0.2) is 0 Å². The molecule has 1 fully saturated rings. The number of nitrogens with zero attached hydrogens (tertiary/aromatic N) is 2. The molecule has 1 aromatic rings. The summed E-state index contributed by atoms with van der Waals surface area (Å²) >= 11 is 0. The largest absolute Gasteiger partial charge is 0.478 e. The van der Waals surface area contributed by atoms with Crippen LogP contribution in [0.5, 0.6) is 5.88 Å². The van der Waals surface area contributed by atoms with Crippen molar-refractivity contribution < 1.29 is 9.47 Å². The van der Waals surface area contributed by atoms with Crippen LogP contribution < -0.4 is 9.64 Å². The van der Waals surface area contributed by atoms with E-state index in [9.17, 15) is 0 Å². The Bertz CT molecular complexity index is 311. The van der Waals surface area contributed by atoms with Gasteiger partial charge in [-0.15, -0.1) is 0 Å². The highest BCUT2D eigenvalue weighted by atomic mass is 16.5. The maximum absolute atomic E-state index is 5.37. The van der Waals surface area contributed by atoms with Crippen molar-refractivity contribution in [1.29, 1.82) is 0 Å². The quantitative estimate of drug-likeness (QED) is 0.750. The van der Waals surface area contributed by atoms with E-state index in [1.165, 1.54) is 0 Å². The lowest BCUT2D eigenvalue weighted by atomic mass is 10.3. The molecule has 0 aliphatic carbocycles. The number of ether oxygens (including phenoxy) is 2. The fourth-order valence-corrected chi connectivity index (χ4v) is 1.64. The molecule has 1 aromatic heterocycles. The normalized spacial score (nSPS) is 16.5. The van der Waals surface area contributed by atoms with Gasteiger partial charge >= 0.3 is 0 Å². The maximum Gasteiger partial charge on any atom is 0.215 e. The zero-order chi connectivity index (χ0) is 10.5. The van der Waals surface area contributed by atoms with Crippen LogP contribution >= 0.6 is 0 Å². The van der Waals surface area contributed by atoms with Crippen LogP contribution in [0.15, 0.2) is 18.3 Å². The molecule has 0 saturated carbocycles. The molecule has 0 bridgehead atoms. The van der Waals surface area contributed by atoms with Crippen LogP contribution in [0, 0.1) is 0 Å². The zero-order valence-electron chi connectivity index (χ0n) is 8.98. The number of hydrogen-bond acceptors (Lipinski definition) is 4. The first kappa shape index (κ1) is 10.2. The van der Waals surface area contributed by atoms with Gasteiger partial charge in [0.1, 0.15) is 0 Å². The Morgan fingerprint density at radius 3 is 3.00 bits per heavy atom. The molecule has 4 heteroatoms. The lowest BCUT2D eigenvalue weighted by molar-refractivity contribution is 0.122. The summed E-state index contributed by atoms with van der Waals surface area (Å²) in [6.07, 6.45) is 1.79. The van der Waals surface area contributed by atoms with Gasteiger partial charge in [0, 0.05) is 31.0 Å². The molecule has 2 rings (SSSR count). The molecule has 1 aliphatic rings. The monoisotopic (exact) mass is 208 g/mol. The highest BCUT2D eigenvalue weighted by Gasteiger charge is 2.11. The van der Waals surface area contributed by atoms with E-state index in [1.54, 1.807) is 6.20 Å². The van der Waals surface area contributed by atoms with Gasteiger partial charge in [0.2, 0.25) is 5.88 Å². The minimum atomic E-state index is 0.652. The molecule has 1 aliphatic heterocycles. The van der Waals surface area contributed by atoms with Crippen molar-refractivity contribution >= 4 is 5.69 Å². The first-order valence-electron chi connectivity index (χ1n) is 5.31. The number of pyridine rings is 1. The maximum atomic E-state index is 5.37. The minimum absolute atomic E-state index is 0.652. The Labute approximate surface area is 89.8 Å². The SMILES string of the molecule is CCOc1cc(N2CCOCC2)ccn1. The Kier molecular flexibility index (Phi) is 3.40. The van der Waals surface area contributed by atoms with E-state index in [0.29, 0.717) is 12.5 Å². The Balaban J connectivity index is 2.09. The van der Waals surface area contributed by atoms with Gasteiger partial charge in [-0.3, -0.25) is 0 Å². The lowest BCUT2D eigenvalue weighted by Crippen LogP contribution is -2.36. The van der Waals surface area contributed by atoms with E-state index in [0.717, 1.165) is 32.0 Å². The fourth-order valence-electron chi connectivity index (χ4n) is 1.64. The van der Waals surface area contributed by atoms with Gasteiger partial charge in [0.05, 0.1) is 19.8 Å². The first-order valence-corrected chi connectivity index (χ1v) is 5.31. The number of anilines is 1. The Morgan fingerprint density at radius 1 is 1.47 bits per heavy atom. The van der Waals surface area contributed by atoms with Gasteiger partial charge in [-0.05, 0) is 13.0 Å². The van der Waals surface area contributed by atoms with Crippen LogP contribution in [0.4, 0.5) is 5.69 Å². The van der Waals surface area contributed by atoms with Crippen molar-refractivity contribution in [1.82, 2.24) is 4.98 Å². The summed E-state index contributed by atoms with van der Waals surface area (Å²) in [6.45, 7) is 6.09. The van der Waals surface area contributed by atoms with Gasteiger partial charge in [-0.1, -0.05) is 0 Å². The van der Waals surface area contributed by atoms with Crippen molar-refractivity contribution in [3.63, 3.8) is 0 Å². The van der Waals surface area contributed by atoms with Crippen molar-refractivity contribution in [2.45, 2.75) is 6.92 Å². The third-order valence-electron chi connectivity index (χ3n) is 2.39. The summed E-state index contributed by atoms with van der Waals surface area (Å²) in [5, 5.41) is 0. The fraction of sp³-hybridized carbons (Fsp3) is 0.545. The molecule has 15 heavy (non-hydrogen) atoms. The second-order valence-corrected chi connectivity index (χ2v) is 3.38. The van der Waals surface area contributed by atoms with E-state index in [-0.39, 0.29) is 0 Å². The van der Waals surface area contributed by atoms with Crippen LogP contribution in [0.25, 0.3) is 0 Å².